The molecular formula is C17H19NO3S2. The summed E-state index contributed by atoms with van der Waals surface area (Å²) in [6.45, 7) is 2.61. The zero-order valence-electron chi connectivity index (χ0n) is 13.4. The molecule has 4 nitrogen and oxygen atoms in total. The molecule has 0 spiro atoms. The Morgan fingerprint density at radius 1 is 1.22 bits per heavy atom. The molecule has 2 heterocycles. The summed E-state index contributed by atoms with van der Waals surface area (Å²) in [6, 6.07) is 9.90. The van der Waals surface area contributed by atoms with E-state index in [9.17, 15) is 4.79 Å². The molecule has 1 amide bonds. The summed E-state index contributed by atoms with van der Waals surface area (Å²) in [7, 11) is 3.28. The normalized spacial score (nSPS) is 17.6. The van der Waals surface area contributed by atoms with Crippen molar-refractivity contribution in [2.45, 2.75) is 18.8 Å². The van der Waals surface area contributed by atoms with Gasteiger partial charge in [0.05, 0.1) is 26.5 Å². The van der Waals surface area contributed by atoms with Crippen molar-refractivity contribution in [1.29, 1.82) is 0 Å². The van der Waals surface area contributed by atoms with Gasteiger partial charge >= 0.3 is 0 Å². The SMILES string of the molecule is COc1ccc(OC)c(CN2C(=O)CSC2c2ccc(C)s2)c1. The molecule has 1 aliphatic heterocycles. The van der Waals surface area contributed by atoms with Crippen LogP contribution in [0.3, 0.4) is 0 Å². The number of methoxy groups -OCH3 is 2. The molecular weight excluding hydrogens is 330 g/mol. The average Bonchev–Trinajstić information content (AvgIpc) is 3.14. The van der Waals surface area contributed by atoms with Crippen LogP contribution in [-0.2, 0) is 11.3 Å². The zero-order chi connectivity index (χ0) is 16.4. The number of hydrogen-bond acceptors (Lipinski definition) is 5. The maximum absolute atomic E-state index is 12.4. The number of ether oxygens (including phenoxy) is 2. The van der Waals surface area contributed by atoms with Gasteiger partial charge < -0.3 is 14.4 Å². The first kappa shape index (κ1) is 16.2. The molecule has 0 radical (unpaired) electrons. The van der Waals surface area contributed by atoms with E-state index in [0.717, 1.165) is 17.1 Å². The highest BCUT2D eigenvalue weighted by Gasteiger charge is 2.34. The molecule has 1 saturated heterocycles. The lowest BCUT2D eigenvalue weighted by Crippen LogP contribution is -2.27. The van der Waals surface area contributed by atoms with Crippen molar-refractivity contribution in [2.24, 2.45) is 0 Å². The van der Waals surface area contributed by atoms with Crippen molar-refractivity contribution >= 4 is 29.0 Å². The van der Waals surface area contributed by atoms with Gasteiger partial charge in [0.15, 0.2) is 0 Å². The first-order chi connectivity index (χ1) is 11.1. The second kappa shape index (κ2) is 6.84. The number of benzene rings is 1. The summed E-state index contributed by atoms with van der Waals surface area (Å²) in [5.74, 6) is 2.23. The van der Waals surface area contributed by atoms with E-state index in [2.05, 4.69) is 19.1 Å². The maximum atomic E-state index is 12.4. The second-order valence-corrected chi connectivity index (χ2v) is 7.70. The van der Waals surface area contributed by atoms with E-state index in [-0.39, 0.29) is 11.3 Å². The topological polar surface area (TPSA) is 38.8 Å². The molecule has 0 bridgehead atoms. The molecule has 23 heavy (non-hydrogen) atoms. The fraction of sp³-hybridized carbons (Fsp3) is 0.353. The summed E-state index contributed by atoms with van der Waals surface area (Å²) >= 11 is 3.43. The van der Waals surface area contributed by atoms with Crippen LogP contribution >= 0.6 is 23.1 Å². The Morgan fingerprint density at radius 2 is 2.04 bits per heavy atom. The van der Waals surface area contributed by atoms with E-state index in [1.165, 1.54) is 9.75 Å². The largest absolute Gasteiger partial charge is 0.497 e. The Hall–Kier alpha value is -1.66. The number of nitrogens with zero attached hydrogens (tertiary/aromatic N) is 1. The van der Waals surface area contributed by atoms with Gasteiger partial charge in [-0.3, -0.25) is 4.79 Å². The Bertz CT molecular complexity index is 714. The quantitative estimate of drug-likeness (QED) is 0.822. The van der Waals surface area contributed by atoms with E-state index in [1.54, 1.807) is 37.3 Å². The van der Waals surface area contributed by atoms with Gasteiger partial charge in [0.2, 0.25) is 5.91 Å². The van der Waals surface area contributed by atoms with Crippen molar-refractivity contribution in [3.8, 4) is 11.5 Å². The summed E-state index contributed by atoms with van der Waals surface area (Å²) in [6.07, 6.45) is 0. The first-order valence-corrected chi connectivity index (χ1v) is 9.17. The predicted molar refractivity (Wildman–Crippen MR) is 94.4 cm³/mol. The van der Waals surface area contributed by atoms with Gasteiger partial charge in [0.25, 0.3) is 0 Å². The number of carbonyl (C=O) groups excluding carboxylic acids is 1. The molecule has 1 unspecified atom stereocenters. The smallest absolute Gasteiger partial charge is 0.234 e. The molecule has 1 aromatic heterocycles. The minimum atomic E-state index is 0.0807. The van der Waals surface area contributed by atoms with Crippen molar-refractivity contribution in [3.63, 3.8) is 0 Å². The van der Waals surface area contributed by atoms with Crippen LogP contribution in [0.15, 0.2) is 30.3 Å². The third-order valence-electron chi connectivity index (χ3n) is 3.80. The van der Waals surface area contributed by atoms with Crippen molar-refractivity contribution in [2.75, 3.05) is 20.0 Å². The Kier molecular flexibility index (Phi) is 4.82. The van der Waals surface area contributed by atoms with Gasteiger partial charge in [0.1, 0.15) is 16.9 Å². The van der Waals surface area contributed by atoms with Crippen LogP contribution in [0.4, 0.5) is 0 Å². The van der Waals surface area contributed by atoms with Crippen molar-refractivity contribution in [3.05, 3.63) is 45.6 Å². The summed E-state index contributed by atoms with van der Waals surface area (Å²) < 4.78 is 10.7. The molecule has 2 aromatic rings. The van der Waals surface area contributed by atoms with Crippen LogP contribution in [0.2, 0.25) is 0 Å². The summed E-state index contributed by atoms with van der Waals surface area (Å²) in [4.78, 5) is 16.8. The molecule has 1 aliphatic rings. The van der Waals surface area contributed by atoms with E-state index in [0.29, 0.717) is 12.3 Å². The summed E-state index contributed by atoms with van der Waals surface area (Å²) in [5.41, 5.74) is 0.959. The average molecular weight is 349 g/mol. The predicted octanol–water partition coefficient (Wildman–Crippen LogP) is 3.85. The first-order valence-electron chi connectivity index (χ1n) is 7.30. The Balaban J connectivity index is 1.89. The third kappa shape index (κ3) is 3.33. The highest BCUT2D eigenvalue weighted by molar-refractivity contribution is 8.00. The number of carbonyl (C=O) groups is 1. The number of amides is 1. The van der Waals surface area contributed by atoms with Crippen LogP contribution in [0.5, 0.6) is 11.5 Å². The fourth-order valence-corrected chi connectivity index (χ4v) is 4.94. The molecule has 6 heteroatoms. The standard InChI is InChI=1S/C17H19NO3S2/c1-11-4-7-15(23-11)17-18(16(19)10-22-17)9-12-8-13(20-2)5-6-14(12)21-3/h4-8,17H,9-10H2,1-3H3. The van der Waals surface area contributed by atoms with Crippen molar-refractivity contribution < 1.29 is 14.3 Å². The third-order valence-corrected chi connectivity index (χ3v) is 6.24. The van der Waals surface area contributed by atoms with E-state index in [1.807, 2.05) is 23.1 Å². The fourth-order valence-electron chi connectivity index (χ4n) is 2.64. The number of thioether (sulfide) groups is 1. The molecule has 122 valence electrons. The van der Waals surface area contributed by atoms with Gasteiger partial charge in [-0.25, -0.2) is 0 Å². The number of aryl methyl sites for hydroxylation is 1. The molecule has 1 fully saturated rings. The molecule has 0 N–H and O–H groups in total. The Labute approximate surface area is 144 Å². The van der Waals surface area contributed by atoms with Gasteiger partial charge in [-0.05, 0) is 37.3 Å². The Morgan fingerprint density at radius 3 is 2.70 bits per heavy atom. The van der Waals surface area contributed by atoms with Crippen LogP contribution in [0.1, 0.15) is 20.7 Å². The van der Waals surface area contributed by atoms with Crippen LogP contribution < -0.4 is 9.47 Å². The van der Waals surface area contributed by atoms with E-state index in [4.69, 9.17) is 9.47 Å². The monoisotopic (exact) mass is 349 g/mol. The number of thiophene rings is 1. The van der Waals surface area contributed by atoms with E-state index >= 15 is 0 Å². The molecule has 3 rings (SSSR count). The van der Waals surface area contributed by atoms with Crippen molar-refractivity contribution in [1.82, 2.24) is 4.90 Å². The van der Waals surface area contributed by atoms with E-state index < -0.39 is 0 Å². The molecule has 0 saturated carbocycles. The second-order valence-electron chi connectivity index (χ2n) is 5.31. The van der Waals surface area contributed by atoms with Crippen LogP contribution in [0.25, 0.3) is 0 Å². The lowest BCUT2D eigenvalue weighted by molar-refractivity contribution is -0.128. The maximum Gasteiger partial charge on any atom is 0.234 e. The van der Waals surface area contributed by atoms with Gasteiger partial charge in [-0.2, -0.15) is 0 Å². The van der Waals surface area contributed by atoms with Gasteiger partial charge in [0, 0.05) is 15.3 Å². The minimum Gasteiger partial charge on any atom is -0.497 e. The molecule has 1 aromatic carbocycles. The minimum absolute atomic E-state index is 0.0807. The van der Waals surface area contributed by atoms with Crippen LogP contribution in [0, 0.1) is 6.92 Å². The summed E-state index contributed by atoms with van der Waals surface area (Å²) in [5, 5.41) is 0.0807. The molecule has 1 atom stereocenters. The lowest BCUT2D eigenvalue weighted by Gasteiger charge is -2.24. The molecule has 0 aliphatic carbocycles. The van der Waals surface area contributed by atoms with Gasteiger partial charge in [-0.1, -0.05) is 0 Å². The van der Waals surface area contributed by atoms with Crippen LogP contribution in [-0.4, -0.2) is 30.8 Å². The highest BCUT2D eigenvalue weighted by atomic mass is 32.2. The lowest BCUT2D eigenvalue weighted by atomic mass is 10.1. The van der Waals surface area contributed by atoms with Gasteiger partial charge in [-0.15, -0.1) is 23.1 Å². The highest BCUT2D eigenvalue weighted by Crippen LogP contribution is 2.43. The number of hydrogen-bond donors (Lipinski definition) is 0. The number of rotatable bonds is 5. The zero-order valence-corrected chi connectivity index (χ0v) is 15.0.